The summed E-state index contributed by atoms with van der Waals surface area (Å²) < 4.78 is 50.2. The number of fused-ring (bicyclic) bond motifs is 4. The number of benzene rings is 2. The van der Waals surface area contributed by atoms with E-state index in [-0.39, 0.29) is 6.79 Å². The van der Waals surface area contributed by atoms with E-state index < -0.39 is 11.7 Å². The van der Waals surface area contributed by atoms with Gasteiger partial charge in [-0.05, 0) is 24.3 Å². The number of imidazole rings is 1. The zero-order valence-electron chi connectivity index (χ0n) is 13.0. The standard InChI is InChI=1S/C16H10F3N5O2/c17-16(18,19)8-1-3-9(4-2-8)20-14-22-15-21-10-5-12-13(26-7-25-12)6-11(10)24(15)23-14/h1-6H,7H2,(H2,20,21,22,23). The van der Waals surface area contributed by atoms with Gasteiger partial charge in [0.05, 0.1) is 16.6 Å². The van der Waals surface area contributed by atoms with E-state index in [9.17, 15) is 13.2 Å². The van der Waals surface area contributed by atoms with Crippen molar-refractivity contribution in [1.29, 1.82) is 0 Å². The zero-order valence-corrected chi connectivity index (χ0v) is 13.0. The van der Waals surface area contributed by atoms with Gasteiger partial charge in [0.15, 0.2) is 11.5 Å². The summed E-state index contributed by atoms with van der Waals surface area (Å²) in [6.07, 6.45) is -4.37. The van der Waals surface area contributed by atoms with Crippen LogP contribution in [0.4, 0.5) is 24.8 Å². The Hall–Kier alpha value is -3.43. The summed E-state index contributed by atoms with van der Waals surface area (Å²) in [6, 6.07) is 8.24. The van der Waals surface area contributed by atoms with Crippen LogP contribution >= 0.6 is 0 Å². The number of ether oxygens (including phenoxy) is 2. The molecule has 0 atom stereocenters. The molecule has 0 saturated heterocycles. The van der Waals surface area contributed by atoms with Gasteiger partial charge in [0, 0.05) is 17.8 Å². The molecule has 4 aromatic rings. The molecule has 1 aliphatic heterocycles. The number of nitrogens with one attached hydrogen (secondary N) is 2. The minimum Gasteiger partial charge on any atom is -0.454 e. The molecule has 7 nitrogen and oxygen atoms in total. The van der Waals surface area contributed by atoms with Crippen LogP contribution in [0.5, 0.6) is 11.5 Å². The predicted octanol–water partition coefficient (Wildman–Crippen LogP) is 3.70. The average Bonchev–Trinajstić information content (AvgIpc) is 3.26. The lowest BCUT2D eigenvalue weighted by molar-refractivity contribution is -0.137. The lowest BCUT2D eigenvalue weighted by atomic mass is 10.2. The van der Waals surface area contributed by atoms with Crippen molar-refractivity contribution in [2.75, 3.05) is 12.1 Å². The Bertz CT molecular complexity index is 1130. The van der Waals surface area contributed by atoms with E-state index in [1.165, 1.54) is 12.1 Å². The van der Waals surface area contributed by atoms with Gasteiger partial charge in [-0.15, -0.1) is 0 Å². The molecule has 2 aromatic heterocycles. The number of aromatic nitrogens is 4. The number of anilines is 2. The molecular weight excluding hydrogens is 351 g/mol. The minimum atomic E-state index is -4.37. The maximum absolute atomic E-state index is 12.6. The molecule has 1 aliphatic rings. The lowest BCUT2D eigenvalue weighted by Crippen LogP contribution is -2.04. The molecular formula is C16H10F3N5O2. The van der Waals surface area contributed by atoms with Gasteiger partial charge in [0.2, 0.25) is 12.7 Å². The summed E-state index contributed by atoms with van der Waals surface area (Å²) in [4.78, 5) is 8.70. The fourth-order valence-corrected chi connectivity index (χ4v) is 2.81. The first-order valence-corrected chi connectivity index (χ1v) is 7.59. The van der Waals surface area contributed by atoms with Crippen LogP contribution < -0.4 is 14.8 Å². The molecule has 0 radical (unpaired) electrons. The van der Waals surface area contributed by atoms with Gasteiger partial charge in [-0.2, -0.15) is 18.2 Å². The molecule has 2 aromatic carbocycles. The molecule has 5 rings (SSSR count). The maximum Gasteiger partial charge on any atom is 0.416 e. The Balaban J connectivity index is 1.48. The highest BCUT2D eigenvalue weighted by Crippen LogP contribution is 2.36. The second-order valence-electron chi connectivity index (χ2n) is 5.71. The van der Waals surface area contributed by atoms with Crippen molar-refractivity contribution < 1.29 is 22.6 Å². The summed E-state index contributed by atoms with van der Waals surface area (Å²) in [5.74, 6) is 2.01. The van der Waals surface area contributed by atoms with Gasteiger partial charge in [0.1, 0.15) is 0 Å². The van der Waals surface area contributed by atoms with Crippen molar-refractivity contribution in [3.05, 3.63) is 42.0 Å². The van der Waals surface area contributed by atoms with Gasteiger partial charge in [-0.1, -0.05) is 0 Å². The van der Waals surface area contributed by atoms with Crippen molar-refractivity contribution >= 4 is 28.4 Å². The quantitative estimate of drug-likeness (QED) is 0.569. The Kier molecular flexibility index (Phi) is 2.88. The number of aromatic amines is 1. The smallest absolute Gasteiger partial charge is 0.416 e. The second kappa shape index (κ2) is 5.04. The van der Waals surface area contributed by atoms with E-state index in [0.717, 1.165) is 17.6 Å². The third-order valence-corrected chi connectivity index (χ3v) is 4.04. The van der Waals surface area contributed by atoms with Gasteiger partial charge in [0.25, 0.3) is 5.78 Å². The van der Waals surface area contributed by atoms with E-state index in [0.29, 0.717) is 34.4 Å². The van der Waals surface area contributed by atoms with E-state index in [4.69, 9.17) is 9.47 Å². The Labute approximate surface area is 143 Å². The van der Waals surface area contributed by atoms with Crippen molar-refractivity contribution in [1.82, 2.24) is 19.6 Å². The predicted molar refractivity (Wildman–Crippen MR) is 85.7 cm³/mol. The lowest BCUT2D eigenvalue weighted by Gasteiger charge is -2.07. The van der Waals surface area contributed by atoms with Crippen LogP contribution in [0.1, 0.15) is 5.56 Å². The number of rotatable bonds is 2. The molecule has 132 valence electrons. The fraction of sp³-hybridized carbons (Fsp3) is 0.125. The van der Waals surface area contributed by atoms with Gasteiger partial charge in [-0.25, -0.2) is 9.50 Å². The average molecular weight is 361 g/mol. The summed E-state index contributed by atoms with van der Waals surface area (Å²) in [6.45, 7) is 0.166. The van der Waals surface area contributed by atoms with Crippen LogP contribution in [0, 0.1) is 0 Å². The molecule has 0 bridgehead atoms. The Morgan fingerprint density at radius 3 is 2.50 bits per heavy atom. The van der Waals surface area contributed by atoms with Crippen LogP contribution in [-0.4, -0.2) is 26.4 Å². The van der Waals surface area contributed by atoms with Crippen LogP contribution in [-0.2, 0) is 6.18 Å². The van der Waals surface area contributed by atoms with Crippen molar-refractivity contribution in [2.24, 2.45) is 0 Å². The SMILES string of the molecule is FC(F)(F)c1ccc(Nc2nc3nc4cc5c(cc4n3[nH]2)OCO5)cc1. The zero-order chi connectivity index (χ0) is 17.9. The first-order chi connectivity index (χ1) is 12.5. The van der Waals surface area contributed by atoms with Gasteiger partial charge in [-0.3, -0.25) is 5.10 Å². The number of halogens is 3. The van der Waals surface area contributed by atoms with Crippen LogP contribution in [0.2, 0.25) is 0 Å². The molecule has 26 heavy (non-hydrogen) atoms. The highest BCUT2D eigenvalue weighted by Gasteiger charge is 2.30. The van der Waals surface area contributed by atoms with Gasteiger partial charge < -0.3 is 14.8 Å². The van der Waals surface area contributed by atoms with Gasteiger partial charge >= 0.3 is 6.18 Å². The van der Waals surface area contributed by atoms with E-state index in [1.807, 2.05) is 0 Å². The number of alkyl halides is 3. The summed E-state index contributed by atoms with van der Waals surface area (Å²) in [5, 5.41) is 5.94. The Morgan fingerprint density at radius 1 is 1.04 bits per heavy atom. The second-order valence-corrected chi connectivity index (χ2v) is 5.71. The molecule has 2 N–H and O–H groups in total. The van der Waals surface area contributed by atoms with E-state index in [1.54, 1.807) is 16.6 Å². The van der Waals surface area contributed by atoms with Crippen LogP contribution in [0.3, 0.4) is 0 Å². The van der Waals surface area contributed by atoms with E-state index >= 15 is 0 Å². The monoisotopic (exact) mass is 361 g/mol. The summed E-state index contributed by atoms with van der Waals surface area (Å²) >= 11 is 0. The van der Waals surface area contributed by atoms with Crippen molar-refractivity contribution in [3.8, 4) is 11.5 Å². The third kappa shape index (κ3) is 2.30. The molecule has 0 spiro atoms. The Morgan fingerprint density at radius 2 is 1.77 bits per heavy atom. The first kappa shape index (κ1) is 14.9. The normalized spacial score (nSPS) is 13.7. The summed E-state index contributed by atoms with van der Waals surface area (Å²) in [7, 11) is 0. The minimum absolute atomic E-state index is 0.166. The number of nitrogens with zero attached hydrogens (tertiary/aromatic N) is 3. The highest BCUT2D eigenvalue weighted by molar-refractivity contribution is 5.83. The topological polar surface area (TPSA) is 76.5 Å². The number of hydrogen-bond donors (Lipinski definition) is 2. The highest BCUT2D eigenvalue weighted by atomic mass is 19.4. The van der Waals surface area contributed by atoms with Crippen LogP contribution in [0.25, 0.3) is 16.8 Å². The molecule has 0 saturated carbocycles. The number of hydrogen-bond acceptors (Lipinski definition) is 5. The largest absolute Gasteiger partial charge is 0.454 e. The molecule has 0 fully saturated rings. The van der Waals surface area contributed by atoms with Crippen LogP contribution in [0.15, 0.2) is 36.4 Å². The summed E-state index contributed by atoms with van der Waals surface area (Å²) in [5.41, 5.74) is 1.20. The van der Waals surface area contributed by atoms with Crippen molar-refractivity contribution in [2.45, 2.75) is 6.18 Å². The van der Waals surface area contributed by atoms with Crippen molar-refractivity contribution in [3.63, 3.8) is 0 Å². The molecule has 0 amide bonds. The molecule has 0 aliphatic carbocycles. The van der Waals surface area contributed by atoms with E-state index in [2.05, 4.69) is 20.4 Å². The fourth-order valence-electron chi connectivity index (χ4n) is 2.81. The molecule has 3 heterocycles. The molecule has 10 heteroatoms. The third-order valence-electron chi connectivity index (χ3n) is 4.04. The first-order valence-electron chi connectivity index (χ1n) is 7.59. The maximum atomic E-state index is 12.6. The number of H-pyrrole nitrogens is 1. The molecule has 0 unspecified atom stereocenters.